The minimum Gasteiger partial charge on any atom is -0.503 e. The number of allylic oxidation sites excluding steroid dienone is 3. The van der Waals surface area contributed by atoms with Gasteiger partial charge in [0.05, 0.1) is 30.6 Å². The van der Waals surface area contributed by atoms with E-state index in [0.29, 0.717) is 28.8 Å². The number of nitrogens with one attached hydrogen (secondary N) is 1. The number of ketones is 1. The Bertz CT molecular complexity index is 1130. The zero-order chi connectivity index (χ0) is 23.0. The number of furan rings is 1. The van der Waals surface area contributed by atoms with Crippen LogP contribution in [0.1, 0.15) is 49.8 Å². The molecule has 168 valence electrons. The van der Waals surface area contributed by atoms with Gasteiger partial charge in [-0.2, -0.15) is 0 Å². The van der Waals surface area contributed by atoms with Gasteiger partial charge in [0.15, 0.2) is 17.3 Å². The van der Waals surface area contributed by atoms with E-state index in [1.807, 2.05) is 6.07 Å². The summed E-state index contributed by atoms with van der Waals surface area (Å²) in [5.41, 5.74) is 2.72. The van der Waals surface area contributed by atoms with Crippen LogP contribution in [-0.4, -0.2) is 30.6 Å². The highest BCUT2D eigenvalue weighted by atomic mass is 35.5. The molecule has 2 aromatic rings. The molecule has 0 radical (unpaired) electrons. The lowest BCUT2D eigenvalue weighted by molar-refractivity contribution is -0.138. The van der Waals surface area contributed by atoms with Crippen molar-refractivity contribution in [3.8, 4) is 11.5 Å². The van der Waals surface area contributed by atoms with Crippen LogP contribution in [0.2, 0.25) is 5.02 Å². The van der Waals surface area contributed by atoms with Gasteiger partial charge in [0.1, 0.15) is 5.76 Å². The van der Waals surface area contributed by atoms with Crippen molar-refractivity contribution in [2.75, 3.05) is 13.7 Å². The second-order valence-electron chi connectivity index (χ2n) is 7.81. The monoisotopic (exact) mass is 457 g/mol. The van der Waals surface area contributed by atoms with E-state index >= 15 is 0 Å². The maximum atomic E-state index is 13.4. The highest BCUT2D eigenvalue weighted by Crippen LogP contribution is 2.48. The molecule has 0 unspecified atom stereocenters. The fraction of sp³-hybridized carbons (Fsp3) is 0.333. The van der Waals surface area contributed by atoms with Crippen molar-refractivity contribution < 1.29 is 28.6 Å². The predicted octanol–water partition coefficient (Wildman–Crippen LogP) is 4.57. The fourth-order valence-electron chi connectivity index (χ4n) is 4.49. The molecule has 32 heavy (non-hydrogen) atoms. The van der Waals surface area contributed by atoms with Gasteiger partial charge in [0.25, 0.3) is 0 Å². The normalized spacial score (nSPS) is 20.7. The third-order valence-corrected chi connectivity index (χ3v) is 6.16. The molecule has 1 aliphatic carbocycles. The molecule has 1 aliphatic heterocycles. The SMILES string of the molecule is CCOC(=O)C1=C(C)NC2=C(C(=O)C[C@@H](c3ccco3)C2)[C@@H]1c1cc(Cl)c(O)c(OC)c1. The van der Waals surface area contributed by atoms with Gasteiger partial charge in [-0.1, -0.05) is 11.6 Å². The molecule has 1 aromatic heterocycles. The van der Waals surface area contributed by atoms with E-state index in [2.05, 4.69) is 5.32 Å². The number of aromatic hydroxyl groups is 1. The molecular weight excluding hydrogens is 434 g/mol. The van der Waals surface area contributed by atoms with E-state index in [9.17, 15) is 14.7 Å². The van der Waals surface area contributed by atoms with Crippen LogP contribution in [0.25, 0.3) is 0 Å². The van der Waals surface area contributed by atoms with Crippen LogP contribution < -0.4 is 10.1 Å². The Morgan fingerprint density at radius 1 is 1.34 bits per heavy atom. The van der Waals surface area contributed by atoms with E-state index in [4.69, 9.17) is 25.5 Å². The van der Waals surface area contributed by atoms with Gasteiger partial charge >= 0.3 is 5.97 Å². The summed E-state index contributed by atoms with van der Waals surface area (Å²) in [4.78, 5) is 26.4. The van der Waals surface area contributed by atoms with Gasteiger partial charge in [0, 0.05) is 35.2 Å². The summed E-state index contributed by atoms with van der Waals surface area (Å²) in [6.07, 6.45) is 2.40. The number of ether oxygens (including phenoxy) is 2. The number of benzene rings is 1. The summed E-state index contributed by atoms with van der Waals surface area (Å²) in [7, 11) is 1.41. The van der Waals surface area contributed by atoms with Crippen LogP contribution in [0, 0.1) is 0 Å². The minimum absolute atomic E-state index is 0.0672. The molecule has 0 saturated heterocycles. The number of rotatable bonds is 5. The molecule has 2 atom stereocenters. The molecule has 2 N–H and O–H groups in total. The maximum absolute atomic E-state index is 13.4. The van der Waals surface area contributed by atoms with E-state index < -0.39 is 11.9 Å². The molecule has 2 heterocycles. The molecule has 4 rings (SSSR count). The standard InChI is InChI=1S/C24H24ClNO6/c1-4-31-24(29)20-12(2)26-16-9-13(18-6-5-7-32-18)10-17(27)22(16)21(20)14-8-15(25)23(28)19(11-14)30-3/h5-8,11,13,21,26,28H,4,9-10H2,1-3H3/t13-,21+/m0/s1. The summed E-state index contributed by atoms with van der Waals surface area (Å²) in [6.45, 7) is 3.70. The molecule has 8 heteroatoms. The topological polar surface area (TPSA) is 98.0 Å². The number of phenols is 1. The lowest BCUT2D eigenvalue weighted by atomic mass is 9.72. The minimum atomic E-state index is -0.706. The Kier molecular flexibility index (Phi) is 6.02. The number of carbonyl (C=O) groups excluding carboxylic acids is 2. The molecule has 1 aromatic carbocycles. The van der Waals surface area contributed by atoms with E-state index in [0.717, 1.165) is 11.5 Å². The van der Waals surface area contributed by atoms with Gasteiger partial charge in [-0.3, -0.25) is 4.79 Å². The zero-order valence-corrected chi connectivity index (χ0v) is 18.8. The first-order valence-electron chi connectivity index (χ1n) is 10.4. The first-order valence-corrected chi connectivity index (χ1v) is 10.7. The number of hydrogen-bond acceptors (Lipinski definition) is 7. The summed E-state index contributed by atoms with van der Waals surface area (Å²) in [5.74, 6) is -0.712. The lowest BCUT2D eigenvalue weighted by Gasteiger charge is -2.36. The van der Waals surface area contributed by atoms with E-state index in [1.54, 1.807) is 38.3 Å². The molecule has 0 fully saturated rings. The quantitative estimate of drug-likeness (QED) is 0.634. The second-order valence-corrected chi connectivity index (χ2v) is 8.21. The van der Waals surface area contributed by atoms with Crippen molar-refractivity contribution in [3.63, 3.8) is 0 Å². The molecule has 0 saturated carbocycles. The van der Waals surface area contributed by atoms with Gasteiger partial charge in [0.2, 0.25) is 0 Å². The Morgan fingerprint density at radius 3 is 2.78 bits per heavy atom. The van der Waals surface area contributed by atoms with E-state index in [1.165, 1.54) is 7.11 Å². The number of esters is 1. The molecule has 0 spiro atoms. The van der Waals surface area contributed by atoms with Gasteiger partial charge in [-0.25, -0.2) is 4.79 Å². The van der Waals surface area contributed by atoms with Crippen LogP contribution in [0.3, 0.4) is 0 Å². The molecule has 2 aliphatic rings. The number of Topliss-reactive ketones (excluding diaryl/α,β-unsaturated/α-hetero) is 1. The number of methoxy groups -OCH3 is 1. The van der Waals surface area contributed by atoms with Crippen LogP contribution >= 0.6 is 11.6 Å². The average Bonchev–Trinajstić information content (AvgIpc) is 3.29. The maximum Gasteiger partial charge on any atom is 0.336 e. The highest BCUT2D eigenvalue weighted by molar-refractivity contribution is 6.32. The molecule has 0 bridgehead atoms. The summed E-state index contributed by atoms with van der Waals surface area (Å²) in [6, 6.07) is 6.81. The van der Waals surface area contributed by atoms with Crippen LogP contribution in [0.5, 0.6) is 11.5 Å². The number of carbonyl (C=O) groups is 2. The predicted molar refractivity (Wildman–Crippen MR) is 118 cm³/mol. The van der Waals surface area contributed by atoms with Gasteiger partial charge < -0.3 is 24.3 Å². The van der Waals surface area contributed by atoms with Gasteiger partial charge in [-0.15, -0.1) is 0 Å². The number of phenolic OH excluding ortho intramolecular Hbond substituents is 1. The Morgan fingerprint density at radius 2 is 2.12 bits per heavy atom. The summed E-state index contributed by atoms with van der Waals surface area (Å²) >= 11 is 6.25. The Hall–Kier alpha value is -3.19. The number of halogens is 1. The first-order chi connectivity index (χ1) is 15.3. The van der Waals surface area contributed by atoms with Crippen molar-refractivity contribution in [2.45, 2.75) is 38.5 Å². The van der Waals surface area contributed by atoms with Crippen molar-refractivity contribution in [1.29, 1.82) is 0 Å². The van der Waals surface area contributed by atoms with Gasteiger partial charge in [-0.05, 0) is 50.1 Å². The first kappa shape index (κ1) is 22.0. The fourth-order valence-corrected chi connectivity index (χ4v) is 4.71. The molecule has 0 amide bonds. The number of hydrogen-bond donors (Lipinski definition) is 2. The zero-order valence-electron chi connectivity index (χ0n) is 18.0. The largest absolute Gasteiger partial charge is 0.503 e. The average molecular weight is 458 g/mol. The van der Waals surface area contributed by atoms with Crippen molar-refractivity contribution >= 4 is 23.4 Å². The highest BCUT2D eigenvalue weighted by Gasteiger charge is 2.42. The lowest BCUT2D eigenvalue weighted by Crippen LogP contribution is -2.36. The van der Waals surface area contributed by atoms with Crippen molar-refractivity contribution in [2.24, 2.45) is 0 Å². The summed E-state index contributed by atoms with van der Waals surface area (Å²) < 4.78 is 16.1. The smallest absolute Gasteiger partial charge is 0.336 e. The van der Waals surface area contributed by atoms with Crippen LogP contribution in [-0.2, 0) is 14.3 Å². The van der Waals surface area contributed by atoms with Crippen molar-refractivity contribution in [1.82, 2.24) is 5.32 Å². The molecule has 7 nitrogen and oxygen atoms in total. The number of dihydropyridines is 1. The van der Waals surface area contributed by atoms with E-state index in [-0.39, 0.29) is 41.3 Å². The molecular formula is C24H24ClNO6. The Labute approximate surface area is 190 Å². The Balaban J connectivity index is 1.87. The second kappa shape index (κ2) is 8.74. The summed E-state index contributed by atoms with van der Waals surface area (Å²) in [5, 5.41) is 13.5. The van der Waals surface area contributed by atoms with Crippen LogP contribution in [0.15, 0.2) is 57.5 Å². The third kappa shape index (κ3) is 3.77. The van der Waals surface area contributed by atoms with Crippen molar-refractivity contribution in [3.05, 3.63) is 69.4 Å². The third-order valence-electron chi connectivity index (χ3n) is 5.87. The van der Waals surface area contributed by atoms with Crippen LogP contribution in [0.4, 0.5) is 0 Å².